The maximum absolute atomic E-state index is 15.1. The van der Waals surface area contributed by atoms with Gasteiger partial charge in [0, 0.05) is 32.3 Å². The maximum atomic E-state index is 15.1. The number of thiazole rings is 1. The van der Waals surface area contributed by atoms with Crippen molar-refractivity contribution in [2.45, 2.75) is 19.5 Å². The van der Waals surface area contributed by atoms with Gasteiger partial charge in [-0.2, -0.15) is 13.8 Å². The summed E-state index contributed by atoms with van der Waals surface area (Å²) in [7, 11) is 2.95. The van der Waals surface area contributed by atoms with Crippen LogP contribution >= 0.6 is 11.3 Å². The fraction of sp³-hybridized carbons (Fsp3) is 0.455. The van der Waals surface area contributed by atoms with Crippen LogP contribution in [0.15, 0.2) is 17.5 Å². The molecule has 0 radical (unpaired) electrons. The van der Waals surface area contributed by atoms with Crippen molar-refractivity contribution >= 4 is 45.9 Å². The van der Waals surface area contributed by atoms with Gasteiger partial charge in [0.1, 0.15) is 11.8 Å². The Labute approximate surface area is 224 Å². The third kappa shape index (κ3) is 7.38. The standard InChI is InChI=1S/C22H27F4N7O5S/c1-4-31(5-6-33(27-2)21(35)30-20-29-16(37-3)11-39-20)17-14(23)7-12(8-15(17)24)32-10-13(38-22(32)36)9-28-19(34)18(25)26/h7-8,11,13,18,27H,4-6,9-10H2,1-3H3,(H,28,34)(H,29,30,35)/t13-/m0/s1. The first kappa shape index (κ1) is 29.7. The molecule has 0 spiro atoms. The van der Waals surface area contributed by atoms with E-state index in [0.717, 1.165) is 28.4 Å². The molecule has 1 aromatic carbocycles. The van der Waals surface area contributed by atoms with Crippen molar-refractivity contribution in [3.05, 3.63) is 29.1 Å². The molecule has 0 aliphatic carbocycles. The minimum atomic E-state index is -3.23. The van der Waals surface area contributed by atoms with Crippen molar-refractivity contribution in [1.29, 1.82) is 0 Å². The van der Waals surface area contributed by atoms with Gasteiger partial charge in [0.25, 0.3) is 5.91 Å². The largest absolute Gasteiger partial charge is 0.480 e. The number of nitrogens with zero attached hydrogens (tertiary/aromatic N) is 4. The minimum Gasteiger partial charge on any atom is -0.480 e. The van der Waals surface area contributed by atoms with Gasteiger partial charge >= 0.3 is 18.5 Å². The van der Waals surface area contributed by atoms with Crippen LogP contribution in [0.2, 0.25) is 0 Å². The number of rotatable bonds is 12. The second-order valence-corrected chi connectivity index (χ2v) is 8.86. The number of carbonyl (C=O) groups is 3. The highest BCUT2D eigenvalue weighted by Gasteiger charge is 2.34. The molecule has 2 aromatic rings. The average molecular weight is 578 g/mol. The zero-order valence-electron chi connectivity index (χ0n) is 21.2. The predicted octanol–water partition coefficient (Wildman–Crippen LogP) is 2.63. The van der Waals surface area contributed by atoms with E-state index in [1.54, 1.807) is 12.3 Å². The number of amides is 4. The van der Waals surface area contributed by atoms with Crippen LogP contribution in [0.25, 0.3) is 0 Å². The highest BCUT2D eigenvalue weighted by atomic mass is 32.1. The molecule has 1 aliphatic heterocycles. The van der Waals surface area contributed by atoms with E-state index in [1.807, 2.05) is 5.32 Å². The summed E-state index contributed by atoms with van der Waals surface area (Å²) in [5.41, 5.74) is 2.20. The average Bonchev–Trinajstić information content (AvgIpc) is 3.51. The molecular weight excluding hydrogens is 550 g/mol. The van der Waals surface area contributed by atoms with Crippen molar-refractivity contribution in [1.82, 2.24) is 20.7 Å². The van der Waals surface area contributed by atoms with Gasteiger partial charge in [0.2, 0.25) is 5.88 Å². The third-order valence-corrected chi connectivity index (χ3v) is 6.34. The number of halogens is 4. The van der Waals surface area contributed by atoms with Crippen LogP contribution in [0.1, 0.15) is 6.92 Å². The Hall–Kier alpha value is -3.86. The number of urea groups is 1. The number of hydrazine groups is 1. The number of anilines is 3. The molecule has 17 heteroatoms. The topological polar surface area (TPSA) is 128 Å². The van der Waals surface area contributed by atoms with Gasteiger partial charge in [-0.05, 0) is 6.92 Å². The molecule has 0 saturated carbocycles. The maximum Gasteiger partial charge on any atom is 0.414 e. The number of cyclic esters (lactones) is 1. The Balaban J connectivity index is 1.65. The van der Waals surface area contributed by atoms with E-state index in [-0.39, 0.29) is 44.1 Å². The van der Waals surface area contributed by atoms with Crippen molar-refractivity contribution in [3.63, 3.8) is 0 Å². The number of likely N-dealkylation sites (N-methyl/N-ethyl adjacent to an activating group) is 1. The summed E-state index contributed by atoms with van der Waals surface area (Å²) >= 11 is 1.16. The summed E-state index contributed by atoms with van der Waals surface area (Å²) in [6.45, 7) is 1.34. The lowest BCUT2D eigenvalue weighted by Gasteiger charge is -2.28. The van der Waals surface area contributed by atoms with Crippen molar-refractivity contribution in [2.75, 3.05) is 62.0 Å². The number of aromatic nitrogens is 1. The molecule has 1 fully saturated rings. The molecule has 214 valence electrons. The summed E-state index contributed by atoms with van der Waals surface area (Å²) in [4.78, 5) is 42.2. The Bertz CT molecular complexity index is 1160. The molecule has 1 aliphatic rings. The van der Waals surface area contributed by atoms with Crippen LogP contribution in [-0.4, -0.2) is 87.4 Å². The molecule has 12 nitrogen and oxygen atoms in total. The first-order valence-corrected chi connectivity index (χ1v) is 12.5. The van der Waals surface area contributed by atoms with E-state index in [0.29, 0.717) is 11.0 Å². The van der Waals surface area contributed by atoms with E-state index >= 15 is 8.78 Å². The zero-order chi connectivity index (χ0) is 28.7. The first-order chi connectivity index (χ1) is 18.6. The van der Waals surface area contributed by atoms with Gasteiger partial charge < -0.3 is 19.7 Å². The van der Waals surface area contributed by atoms with Crippen LogP contribution in [0.3, 0.4) is 0 Å². The summed E-state index contributed by atoms with van der Waals surface area (Å²) in [6.07, 6.45) is -5.16. The molecule has 3 rings (SSSR count). The Morgan fingerprint density at radius 1 is 1.28 bits per heavy atom. The second kappa shape index (κ2) is 13.3. The Morgan fingerprint density at radius 3 is 2.54 bits per heavy atom. The molecule has 0 unspecified atom stereocenters. The smallest absolute Gasteiger partial charge is 0.414 e. The lowest BCUT2D eigenvalue weighted by atomic mass is 10.2. The lowest BCUT2D eigenvalue weighted by molar-refractivity contribution is -0.132. The summed E-state index contributed by atoms with van der Waals surface area (Å²) < 4.78 is 64.9. The van der Waals surface area contributed by atoms with Crippen molar-refractivity contribution < 1.29 is 41.4 Å². The lowest BCUT2D eigenvalue weighted by Crippen LogP contribution is -2.47. The number of hydrogen-bond acceptors (Lipinski definition) is 9. The number of carbonyl (C=O) groups excluding carboxylic acids is 3. The van der Waals surface area contributed by atoms with Crippen LogP contribution in [0.4, 0.5) is 43.7 Å². The van der Waals surface area contributed by atoms with Gasteiger partial charge in [-0.25, -0.2) is 23.8 Å². The second-order valence-electron chi connectivity index (χ2n) is 8.00. The van der Waals surface area contributed by atoms with Crippen LogP contribution in [0.5, 0.6) is 5.88 Å². The highest BCUT2D eigenvalue weighted by molar-refractivity contribution is 7.14. The van der Waals surface area contributed by atoms with Gasteiger partial charge in [-0.15, -0.1) is 11.3 Å². The van der Waals surface area contributed by atoms with Crippen molar-refractivity contribution in [2.24, 2.45) is 0 Å². The molecule has 0 bridgehead atoms. The molecule has 3 N–H and O–H groups in total. The van der Waals surface area contributed by atoms with Gasteiger partial charge in [0.15, 0.2) is 16.8 Å². The summed E-state index contributed by atoms with van der Waals surface area (Å²) in [6, 6.07) is 1.34. The number of nitrogens with one attached hydrogen (secondary N) is 3. The molecule has 2 heterocycles. The quantitative estimate of drug-likeness (QED) is 0.260. The van der Waals surface area contributed by atoms with Gasteiger partial charge in [0.05, 0.1) is 37.8 Å². The number of ether oxygens (including phenoxy) is 2. The Morgan fingerprint density at radius 2 is 1.97 bits per heavy atom. The van der Waals surface area contributed by atoms with E-state index < -0.39 is 42.2 Å². The summed E-state index contributed by atoms with van der Waals surface area (Å²) in [5, 5.41) is 7.64. The minimum absolute atomic E-state index is 0.0315. The van der Waals surface area contributed by atoms with E-state index in [2.05, 4.69) is 15.7 Å². The van der Waals surface area contributed by atoms with Crippen LogP contribution in [0, 0.1) is 11.6 Å². The molecular formula is C22H27F4N7O5S. The molecule has 1 aromatic heterocycles. The number of alkyl halides is 2. The number of benzene rings is 1. The van der Waals surface area contributed by atoms with Gasteiger partial charge in [-0.1, -0.05) is 0 Å². The first-order valence-electron chi connectivity index (χ1n) is 11.6. The molecule has 39 heavy (non-hydrogen) atoms. The predicted molar refractivity (Wildman–Crippen MR) is 134 cm³/mol. The number of methoxy groups -OCH3 is 1. The Kier molecular flexibility index (Phi) is 10.1. The number of hydrogen-bond donors (Lipinski definition) is 3. The van der Waals surface area contributed by atoms with Crippen LogP contribution in [-0.2, 0) is 9.53 Å². The monoisotopic (exact) mass is 577 g/mol. The third-order valence-electron chi connectivity index (χ3n) is 5.60. The van der Waals surface area contributed by atoms with Crippen LogP contribution < -0.4 is 30.6 Å². The normalized spacial score (nSPS) is 14.8. The summed E-state index contributed by atoms with van der Waals surface area (Å²) in [5.74, 6) is -3.12. The van der Waals surface area contributed by atoms with Crippen molar-refractivity contribution in [3.8, 4) is 5.88 Å². The zero-order valence-corrected chi connectivity index (χ0v) is 22.0. The van der Waals surface area contributed by atoms with E-state index in [1.165, 1.54) is 24.1 Å². The SMILES string of the molecule is CCN(CCN(NC)C(=O)Nc1nc(OC)cs1)c1c(F)cc(N2C[C@H](CNC(=O)C(F)F)OC2=O)cc1F. The fourth-order valence-corrected chi connectivity index (χ4v) is 4.32. The molecule has 4 amide bonds. The highest BCUT2D eigenvalue weighted by Crippen LogP contribution is 2.31. The van der Waals surface area contributed by atoms with E-state index in [4.69, 9.17) is 9.47 Å². The molecule has 1 saturated heterocycles. The fourth-order valence-electron chi connectivity index (χ4n) is 3.67. The van der Waals surface area contributed by atoms with E-state index in [9.17, 15) is 23.2 Å². The van der Waals surface area contributed by atoms with Gasteiger partial charge in [-0.3, -0.25) is 20.0 Å². The molecule has 1 atom stereocenters.